The lowest BCUT2D eigenvalue weighted by atomic mass is 9.97. The maximum absolute atomic E-state index is 13.4. The fourth-order valence-electron chi connectivity index (χ4n) is 4.29. The third-order valence-electron chi connectivity index (χ3n) is 6.12. The molecule has 4 rings (SSSR count). The number of para-hydroxylation sites is 1. The van der Waals surface area contributed by atoms with E-state index in [1.165, 1.54) is 23.0 Å². The maximum Gasteiger partial charge on any atom is 0.332 e. The Kier molecular flexibility index (Phi) is 7.16. The molecule has 0 aliphatic carbocycles. The molecule has 0 unspecified atom stereocenters. The number of hydrogen-bond donors (Lipinski definition) is 0. The molecular weight excluding hydrogens is 458 g/mol. The Morgan fingerprint density at radius 1 is 1.09 bits per heavy atom. The van der Waals surface area contributed by atoms with Crippen LogP contribution in [0.4, 0.5) is 0 Å². The fraction of sp³-hybridized carbons (Fsp3) is 0.417. The summed E-state index contributed by atoms with van der Waals surface area (Å²) in [5, 5.41) is 1.74. The number of hydrogen-bond acceptors (Lipinski definition) is 7. The second-order valence-electron chi connectivity index (χ2n) is 8.11. The summed E-state index contributed by atoms with van der Waals surface area (Å²) < 4.78 is 13.4. The number of thiophene rings is 1. The number of methoxy groups -OCH3 is 1. The molecule has 10 heteroatoms. The minimum Gasteiger partial charge on any atom is -0.496 e. The standard InChI is InChI=1S/C24H27N3O6S/c1-3-33-23(30)16-8-11-25(12-9-16)20(28)15-26-18-10-13-34-21(18)22(29)27(24(26)31)14-17-6-4-5-7-19(17)32-2/h4-7,10,13,16H,3,8-9,11-12,14-15H2,1-2H3. The van der Waals surface area contributed by atoms with Crippen molar-refractivity contribution in [1.82, 2.24) is 14.0 Å². The number of ether oxygens (including phenoxy) is 2. The van der Waals surface area contributed by atoms with Crippen molar-refractivity contribution >= 4 is 33.4 Å². The second-order valence-corrected chi connectivity index (χ2v) is 9.03. The van der Waals surface area contributed by atoms with E-state index < -0.39 is 5.69 Å². The number of aromatic nitrogens is 2. The van der Waals surface area contributed by atoms with Crippen molar-refractivity contribution in [2.24, 2.45) is 5.92 Å². The number of likely N-dealkylation sites (tertiary alicyclic amines) is 1. The van der Waals surface area contributed by atoms with Crippen LogP contribution >= 0.6 is 11.3 Å². The van der Waals surface area contributed by atoms with E-state index in [4.69, 9.17) is 9.47 Å². The van der Waals surface area contributed by atoms with Crippen LogP contribution in [-0.2, 0) is 27.4 Å². The molecule has 9 nitrogen and oxygen atoms in total. The quantitative estimate of drug-likeness (QED) is 0.475. The van der Waals surface area contributed by atoms with Gasteiger partial charge in [-0.2, -0.15) is 0 Å². The van der Waals surface area contributed by atoms with Crippen LogP contribution < -0.4 is 16.0 Å². The van der Waals surface area contributed by atoms with Crippen molar-refractivity contribution in [2.45, 2.75) is 32.9 Å². The summed E-state index contributed by atoms with van der Waals surface area (Å²) in [5.74, 6) is -0.0844. The summed E-state index contributed by atoms with van der Waals surface area (Å²) in [6, 6.07) is 8.89. The Morgan fingerprint density at radius 3 is 2.53 bits per heavy atom. The molecule has 1 saturated heterocycles. The van der Waals surface area contributed by atoms with Gasteiger partial charge in [0.05, 0.1) is 31.7 Å². The summed E-state index contributed by atoms with van der Waals surface area (Å²) in [5.41, 5.74) is 0.210. The van der Waals surface area contributed by atoms with E-state index in [-0.39, 0.29) is 36.4 Å². The van der Waals surface area contributed by atoms with Crippen molar-refractivity contribution in [3.8, 4) is 5.75 Å². The number of carbonyl (C=O) groups excluding carboxylic acids is 2. The lowest BCUT2D eigenvalue weighted by molar-refractivity contribution is -0.151. The number of amides is 1. The molecule has 1 aliphatic heterocycles. The average Bonchev–Trinajstić information content (AvgIpc) is 3.35. The van der Waals surface area contributed by atoms with Crippen LogP contribution in [0.1, 0.15) is 25.3 Å². The van der Waals surface area contributed by atoms with Gasteiger partial charge in [0.25, 0.3) is 5.56 Å². The number of piperidine rings is 1. The largest absolute Gasteiger partial charge is 0.496 e. The molecule has 0 radical (unpaired) electrons. The van der Waals surface area contributed by atoms with Gasteiger partial charge in [0.1, 0.15) is 17.0 Å². The molecule has 0 saturated carbocycles. The highest BCUT2D eigenvalue weighted by Gasteiger charge is 2.29. The van der Waals surface area contributed by atoms with Crippen LogP contribution in [0, 0.1) is 5.92 Å². The first-order valence-corrected chi connectivity index (χ1v) is 12.1. The third-order valence-corrected chi connectivity index (χ3v) is 7.01. The Bertz CT molecular complexity index is 1320. The highest BCUT2D eigenvalue weighted by Crippen LogP contribution is 2.21. The van der Waals surface area contributed by atoms with Crippen LogP contribution in [0.2, 0.25) is 0 Å². The van der Waals surface area contributed by atoms with Crippen LogP contribution in [0.5, 0.6) is 5.75 Å². The van der Waals surface area contributed by atoms with Gasteiger partial charge in [0, 0.05) is 18.7 Å². The molecule has 1 amide bonds. The molecule has 0 spiro atoms. The molecule has 2 aromatic heterocycles. The Labute approximate surface area is 200 Å². The van der Waals surface area contributed by atoms with E-state index >= 15 is 0 Å². The van der Waals surface area contributed by atoms with E-state index in [0.717, 1.165) is 4.57 Å². The van der Waals surface area contributed by atoms with Crippen molar-refractivity contribution in [3.63, 3.8) is 0 Å². The van der Waals surface area contributed by atoms with Gasteiger partial charge < -0.3 is 14.4 Å². The zero-order valence-corrected chi connectivity index (χ0v) is 20.0. The number of rotatable bonds is 7. The predicted molar refractivity (Wildman–Crippen MR) is 128 cm³/mol. The molecule has 0 N–H and O–H groups in total. The summed E-state index contributed by atoms with van der Waals surface area (Å²) in [6.07, 6.45) is 1.06. The predicted octanol–water partition coefficient (Wildman–Crippen LogP) is 2.08. The number of nitrogens with zero attached hydrogens (tertiary/aromatic N) is 3. The molecular formula is C24H27N3O6S. The molecule has 0 bridgehead atoms. The van der Waals surface area contributed by atoms with E-state index in [1.807, 2.05) is 12.1 Å². The first-order valence-electron chi connectivity index (χ1n) is 11.2. The molecule has 34 heavy (non-hydrogen) atoms. The Balaban J connectivity index is 1.60. The van der Waals surface area contributed by atoms with Crippen LogP contribution in [0.15, 0.2) is 45.3 Å². The van der Waals surface area contributed by atoms with Gasteiger partial charge in [-0.1, -0.05) is 18.2 Å². The van der Waals surface area contributed by atoms with Crippen molar-refractivity contribution in [3.05, 3.63) is 62.1 Å². The van der Waals surface area contributed by atoms with Gasteiger partial charge in [0.15, 0.2) is 0 Å². The van der Waals surface area contributed by atoms with Gasteiger partial charge in [-0.3, -0.25) is 23.5 Å². The lowest BCUT2D eigenvalue weighted by Gasteiger charge is -2.31. The van der Waals surface area contributed by atoms with Crippen molar-refractivity contribution in [2.75, 3.05) is 26.8 Å². The maximum atomic E-state index is 13.4. The van der Waals surface area contributed by atoms with E-state index in [9.17, 15) is 19.2 Å². The Morgan fingerprint density at radius 2 is 1.82 bits per heavy atom. The summed E-state index contributed by atoms with van der Waals surface area (Å²) >= 11 is 1.24. The number of benzene rings is 1. The minimum absolute atomic E-state index is 0.0364. The van der Waals surface area contributed by atoms with Gasteiger partial charge in [-0.15, -0.1) is 11.3 Å². The van der Waals surface area contributed by atoms with E-state index in [1.54, 1.807) is 35.4 Å². The number of carbonyl (C=O) groups is 2. The topological polar surface area (TPSA) is 99.8 Å². The molecule has 1 aliphatic rings. The van der Waals surface area contributed by atoms with Gasteiger partial charge in [-0.05, 0) is 37.3 Å². The van der Waals surface area contributed by atoms with Crippen molar-refractivity contribution < 1.29 is 19.1 Å². The first-order chi connectivity index (χ1) is 16.4. The lowest BCUT2D eigenvalue weighted by Crippen LogP contribution is -2.45. The van der Waals surface area contributed by atoms with Crippen LogP contribution in [0.25, 0.3) is 10.2 Å². The SMILES string of the molecule is CCOC(=O)C1CCN(C(=O)Cn2c(=O)n(Cc3ccccc3OC)c(=O)c3sccc32)CC1. The zero-order valence-electron chi connectivity index (χ0n) is 19.2. The van der Waals surface area contributed by atoms with Crippen LogP contribution in [0.3, 0.4) is 0 Å². The number of esters is 1. The normalized spacial score (nSPS) is 14.4. The third kappa shape index (κ3) is 4.63. The van der Waals surface area contributed by atoms with E-state index in [2.05, 4.69) is 0 Å². The van der Waals surface area contributed by atoms with Gasteiger partial charge in [0.2, 0.25) is 5.91 Å². The molecule has 1 aromatic carbocycles. The Hall–Kier alpha value is -3.40. The van der Waals surface area contributed by atoms with Gasteiger partial charge >= 0.3 is 11.7 Å². The summed E-state index contributed by atoms with van der Waals surface area (Å²) in [6.45, 7) is 2.81. The molecule has 3 heterocycles. The monoisotopic (exact) mass is 485 g/mol. The van der Waals surface area contributed by atoms with Crippen LogP contribution in [-0.4, -0.2) is 52.7 Å². The summed E-state index contributed by atoms with van der Waals surface area (Å²) in [4.78, 5) is 53.2. The molecule has 180 valence electrons. The molecule has 3 aromatic rings. The zero-order chi connectivity index (χ0) is 24.2. The first kappa shape index (κ1) is 23.7. The van der Waals surface area contributed by atoms with E-state index in [0.29, 0.717) is 54.1 Å². The second kappa shape index (κ2) is 10.3. The smallest absolute Gasteiger partial charge is 0.332 e. The highest BCUT2D eigenvalue weighted by molar-refractivity contribution is 7.17. The highest BCUT2D eigenvalue weighted by atomic mass is 32.1. The fourth-order valence-corrected chi connectivity index (χ4v) is 5.13. The van der Waals surface area contributed by atoms with Crippen molar-refractivity contribution in [1.29, 1.82) is 0 Å². The average molecular weight is 486 g/mol. The molecule has 0 atom stereocenters. The van der Waals surface area contributed by atoms with Gasteiger partial charge in [-0.25, -0.2) is 4.79 Å². The number of fused-ring (bicyclic) bond motifs is 1. The minimum atomic E-state index is -0.545. The summed E-state index contributed by atoms with van der Waals surface area (Å²) in [7, 11) is 1.53. The molecule has 1 fully saturated rings.